The van der Waals surface area contributed by atoms with Gasteiger partial charge in [-0.1, -0.05) is 54.6 Å². The van der Waals surface area contributed by atoms with E-state index < -0.39 is 11.7 Å². The van der Waals surface area contributed by atoms with Gasteiger partial charge in [-0.3, -0.25) is 0 Å². The molecular weight excluding hydrogens is 433 g/mol. The third-order valence-corrected chi connectivity index (χ3v) is 6.71. The monoisotopic (exact) mass is 450 g/mol. The van der Waals surface area contributed by atoms with Gasteiger partial charge in [0.25, 0.3) is 0 Å². The third-order valence-electron chi connectivity index (χ3n) is 6.71. The lowest BCUT2D eigenvalue weighted by atomic mass is 10.0. The zero-order chi connectivity index (χ0) is 23.0. The Balaban J connectivity index is 1.69. The van der Waals surface area contributed by atoms with Crippen LogP contribution in [0.15, 0.2) is 103 Å². The van der Waals surface area contributed by atoms with Crippen LogP contribution < -0.4 is 0 Å². The molecule has 164 valence electrons. The van der Waals surface area contributed by atoms with Crippen molar-refractivity contribution in [3.05, 3.63) is 109 Å². The summed E-state index contributed by atoms with van der Waals surface area (Å²) in [5.41, 5.74) is 3.13. The molecule has 0 unspecified atom stereocenters. The Labute approximate surface area is 192 Å². The topological polar surface area (TPSA) is 9.86 Å². The second-order valence-corrected chi connectivity index (χ2v) is 8.57. The molecule has 0 aliphatic carbocycles. The van der Waals surface area contributed by atoms with Crippen LogP contribution in [0.4, 0.5) is 13.2 Å². The van der Waals surface area contributed by atoms with Gasteiger partial charge in [0.1, 0.15) is 0 Å². The van der Waals surface area contributed by atoms with Gasteiger partial charge in [-0.2, -0.15) is 13.2 Å². The first-order valence-corrected chi connectivity index (χ1v) is 11.0. The highest BCUT2D eigenvalue weighted by Gasteiger charge is 2.34. The highest BCUT2D eigenvalue weighted by atomic mass is 19.4. The lowest BCUT2D eigenvalue weighted by Gasteiger charge is -2.15. The normalized spacial score (nSPS) is 12.6. The maximum atomic E-state index is 14.0. The van der Waals surface area contributed by atoms with Crippen LogP contribution in [0.1, 0.15) is 5.56 Å². The molecule has 2 aromatic heterocycles. The van der Waals surface area contributed by atoms with Crippen LogP contribution in [0.3, 0.4) is 0 Å². The Morgan fingerprint density at radius 2 is 1.41 bits per heavy atom. The van der Waals surface area contributed by atoms with Crippen LogP contribution in [-0.2, 0) is 6.18 Å². The molecule has 0 amide bonds. The van der Waals surface area contributed by atoms with Crippen molar-refractivity contribution in [3.8, 4) is 11.4 Å². The van der Waals surface area contributed by atoms with Gasteiger partial charge in [-0.15, -0.1) is 0 Å². The Bertz CT molecular complexity index is 1840. The second-order valence-electron chi connectivity index (χ2n) is 8.57. The summed E-state index contributed by atoms with van der Waals surface area (Å²) >= 11 is 0. The molecule has 0 aliphatic rings. The second kappa shape index (κ2) is 6.64. The van der Waals surface area contributed by atoms with Crippen LogP contribution >= 0.6 is 0 Å². The summed E-state index contributed by atoms with van der Waals surface area (Å²) in [7, 11) is 0. The average Bonchev–Trinajstić information content (AvgIpc) is 3.42. The maximum Gasteiger partial charge on any atom is 0.418 e. The largest absolute Gasteiger partial charge is 0.418 e. The van der Waals surface area contributed by atoms with Crippen molar-refractivity contribution in [1.29, 1.82) is 0 Å². The molecule has 5 aromatic carbocycles. The number of aromatic nitrogens is 2. The van der Waals surface area contributed by atoms with Gasteiger partial charge in [-0.05, 0) is 47.9 Å². The zero-order valence-corrected chi connectivity index (χ0v) is 17.8. The summed E-state index contributed by atoms with van der Waals surface area (Å²) < 4.78 is 46.0. The number of nitrogens with zero attached hydrogens (tertiary/aromatic N) is 2. The Morgan fingerprint density at radius 1 is 0.618 bits per heavy atom. The van der Waals surface area contributed by atoms with Crippen LogP contribution in [0, 0.1) is 0 Å². The predicted molar refractivity (Wildman–Crippen MR) is 131 cm³/mol. The number of halogens is 3. The van der Waals surface area contributed by atoms with Crippen LogP contribution in [-0.4, -0.2) is 9.13 Å². The molecule has 7 aromatic rings. The Hall–Kier alpha value is -4.25. The van der Waals surface area contributed by atoms with Crippen molar-refractivity contribution < 1.29 is 13.2 Å². The molecule has 5 heteroatoms. The highest BCUT2D eigenvalue weighted by Crippen LogP contribution is 2.44. The first-order chi connectivity index (χ1) is 16.5. The van der Waals surface area contributed by atoms with Crippen LogP contribution in [0.5, 0.6) is 0 Å². The van der Waals surface area contributed by atoms with E-state index in [9.17, 15) is 13.2 Å². The first kappa shape index (κ1) is 19.2. The van der Waals surface area contributed by atoms with Crippen molar-refractivity contribution in [3.63, 3.8) is 0 Å². The molecule has 34 heavy (non-hydrogen) atoms. The molecule has 0 aliphatic heterocycles. The number of alkyl halides is 3. The van der Waals surface area contributed by atoms with E-state index in [1.54, 1.807) is 16.7 Å². The molecular formula is C29H17F3N2. The summed E-state index contributed by atoms with van der Waals surface area (Å²) in [5, 5.41) is 4.97. The predicted octanol–water partition coefficient (Wildman–Crippen LogP) is 8.34. The molecule has 0 atom stereocenters. The fourth-order valence-corrected chi connectivity index (χ4v) is 5.36. The molecule has 0 saturated heterocycles. The van der Waals surface area contributed by atoms with E-state index in [0.29, 0.717) is 0 Å². The number of para-hydroxylation sites is 2. The summed E-state index contributed by atoms with van der Waals surface area (Å²) in [4.78, 5) is 0. The van der Waals surface area contributed by atoms with Gasteiger partial charge in [0.15, 0.2) is 0 Å². The van der Waals surface area contributed by atoms with Crippen molar-refractivity contribution >= 4 is 43.5 Å². The molecule has 0 bridgehead atoms. The fourth-order valence-electron chi connectivity index (χ4n) is 5.36. The van der Waals surface area contributed by atoms with Crippen molar-refractivity contribution in [2.24, 2.45) is 0 Å². The fraction of sp³-hybridized carbons (Fsp3) is 0.0345. The number of fused-ring (bicyclic) bond motifs is 2. The minimum Gasteiger partial charge on any atom is -0.316 e. The number of rotatable bonds is 2. The molecule has 2 nitrogen and oxygen atoms in total. The number of hydrogen-bond acceptors (Lipinski definition) is 0. The summed E-state index contributed by atoms with van der Waals surface area (Å²) in [5.74, 6) is 0. The van der Waals surface area contributed by atoms with E-state index in [1.807, 2.05) is 54.7 Å². The summed E-state index contributed by atoms with van der Waals surface area (Å²) in [6.07, 6.45) is -2.44. The van der Waals surface area contributed by atoms with Crippen molar-refractivity contribution in [2.75, 3.05) is 0 Å². The average molecular weight is 450 g/mol. The third kappa shape index (κ3) is 2.52. The highest BCUT2D eigenvalue weighted by molar-refractivity contribution is 6.29. The SMILES string of the molecule is FC(F)(F)c1ccccc1-n1c2cccc3ccc4c(c32)c1cc1ccn(-c2ccccc2)c14. The van der Waals surface area contributed by atoms with E-state index in [-0.39, 0.29) is 5.69 Å². The number of hydrogen-bond donors (Lipinski definition) is 0. The minimum atomic E-state index is -4.46. The summed E-state index contributed by atoms with van der Waals surface area (Å²) in [6, 6.07) is 29.9. The van der Waals surface area contributed by atoms with E-state index in [4.69, 9.17) is 0 Å². The molecule has 2 heterocycles. The van der Waals surface area contributed by atoms with Gasteiger partial charge in [-0.25, -0.2) is 0 Å². The van der Waals surface area contributed by atoms with Gasteiger partial charge in [0, 0.05) is 33.4 Å². The smallest absolute Gasteiger partial charge is 0.316 e. The lowest BCUT2D eigenvalue weighted by molar-refractivity contribution is -0.137. The van der Waals surface area contributed by atoms with Crippen LogP contribution in [0.2, 0.25) is 0 Å². The van der Waals surface area contributed by atoms with Crippen molar-refractivity contribution in [2.45, 2.75) is 6.18 Å². The van der Waals surface area contributed by atoms with Gasteiger partial charge in [0.05, 0.1) is 27.8 Å². The van der Waals surface area contributed by atoms with Crippen LogP contribution in [0.25, 0.3) is 54.9 Å². The molecule has 0 saturated carbocycles. The van der Waals surface area contributed by atoms with E-state index in [1.165, 1.54) is 6.07 Å². The van der Waals surface area contributed by atoms with E-state index in [0.717, 1.165) is 55.2 Å². The molecule has 0 fully saturated rings. The van der Waals surface area contributed by atoms with E-state index >= 15 is 0 Å². The van der Waals surface area contributed by atoms with Gasteiger partial charge in [0.2, 0.25) is 0 Å². The van der Waals surface area contributed by atoms with Gasteiger partial charge < -0.3 is 9.13 Å². The molecule has 7 rings (SSSR count). The Morgan fingerprint density at radius 3 is 2.24 bits per heavy atom. The molecule has 0 spiro atoms. The summed E-state index contributed by atoms with van der Waals surface area (Å²) in [6.45, 7) is 0. The standard InChI is InChI=1S/C29H17F3N2/c30-29(31,32)22-10-4-5-11-23(22)34-24-12-6-7-18-13-14-21-27(26(18)24)25(34)17-19-15-16-33(28(19)21)20-8-2-1-3-9-20/h1-17H. The Kier molecular flexibility index (Phi) is 3.76. The molecule has 0 radical (unpaired) electrons. The van der Waals surface area contributed by atoms with Gasteiger partial charge >= 0.3 is 6.18 Å². The zero-order valence-electron chi connectivity index (χ0n) is 17.8. The minimum absolute atomic E-state index is 0.141. The maximum absolute atomic E-state index is 14.0. The number of benzene rings is 5. The lowest BCUT2D eigenvalue weighted by Crippen LogP contribution is -2.10. The molecule has 0 N–H and O–H groups in total. The quantitative estimate of drug-likeness (QED) is 0.234. The van der Waals surface area contributed by atoms with E-state index in [2.05, 4.69) is 28.8 Å². The first-order valence-electron chi connectivity index (χ1n) is 11.0. The van der Waals surface area contributed by atoms with Crippen molar-refractivity contribution in [1.82, 2.24) is 9.13 Å².